The van der Waals surface area contributed by atoms with Crippen LogP contribution in [0.1, 0.15) is 20.8 Å². The largest absolute Gasteiger partial charge is 0.477 e. The van der Waals surface area contributed by atoms with Gasteiger partial charge in [0.25, 0.3) is 0 Å². The molecule has 138 valence electrons. The lowest BCUT2D eigenvalue weighted by molar-refractivity contribution is -0.0514. The molecule has 7 heteroatoms. The molecular formula is C18H27N3O4. The molecular weight excluding hydrogens is 322 g/mol. The van der Waals surface area contributed by atoms with Crippen LogP contribution in [0.15, 0.2) is 18.3 Å². The van der Waals surface area contributed by atoms with E-state index in [-0.39, 0.29) is 6.09 Å². The fraction of sp³-hybridized carbons (Fsp3) is 0.667. The van der Waals surface area contributed by atoms with E-state index in [1.165, 1.54) is 0 Å². The second kappa shape index (κ2) is 7.47. The van der Waals surface area contributed by atoms with E-state index in [9.17, 15) is 4.79 Å². The molecule has 0 spiro atoms. The Hall–Kier alpha value is -2.02. The van der Waals surface area contributed by atoms with Crippen molar-refractivity contribution in [2.24, 2.45) is 5.92 Å². The topological polar surface area (TPSA) is 64.1 Å². The molecule has 25 heavy (non-hydrogen) atoms. The van der Waals surface area contributed by atoms with E-state index in [1.807, 2.05) is 39.1 Å². The van der Waals surface area contributed by atoms with Crippen molar-refractivity contribution in [3.8, 4) is 5.88 Å². The third-order valence-corrected chi connectivity index (χ3v) is 4.19. The number of carbonyl (C=O) groups excluding carboxylic acids is 1. The number of carbonyl (C=O) groups is 1. The average molecular weight is 349 g/mol. The number of amides is 1. The third-order valence-electron chi connectivity index (χ3n) is 4.19. The SMILES string of the molecule is CC(C)(C)OC(=O)N1CCN(c2ccc(OCC3COC3)nc2)CC1. The Morgan fingerprint density at radius 3 is 2.48 bits per heavy atom. The second-order valence-electron chi connectivity index (χ2n) is 7.52. The molecule has 1 amide bonds. The summed E-state index contributed by atoms with van der Waals surface area (Å²) < 4.78 is 16.2. The van der Waals surface area contributed by atoms with Gasteiger partial charge in [0.1, 0.15) is 5.60 Å². The molecule has 0 aromatic carbocycles. The lowest BCUT2D eigenvalue weighted by Crippen LogP contribution is -2.50. The van der Waals surface area contributed by atoms with E-state index in [0.717, 1.165) is 32.0 Å². The Morgan fingerprint density at radius 1 is 1.24 bits per heavy atom. The van der Waals surface area contributed by atoms with Crippen LogP contribution >= 0.6 is 0 Å². The van der Waals surface area contributed by atoms with E-state index in [4.69, 9.17) is 14.2 Å². The molecule has 0 bridgehead atoms. The number of hydrogen-bond acceptors (Lipinski definition) is 6. The normalized spacial score (nSPS) is 18.7. The molecule has 0 unspecified atom stereocenters. The fourth-order valence-corrected chi connectivity index (χ4v) is 2.70. The van der Waals surface area contributed by atoms with Crippen molar-refractivity contribution < 1.29 is 19.0 Å². The molecule has 7 nitrogen and oxygen atoms in total. The minimum absolute atomic E-state index is 0.242. The number of aromatic nitrogens is 1. The predicted molar refractivity (Wildman–Crippen MR) is 94.1 cm³/mol. The summed E-state index contributed by atoms with van der Waals surface area (Å²) >= 11 is 0. The first-order chi connectivity index (χ1) is 11.9. The van der Waals surface area contributed by atoms with Crippen molar-refractivity contribution in [2.45, 2.75) is 26.4 Å². The molecule has 2 fully saturated rings. The van der Waals surface area contributed by atoms with Crippen LogP contribution in [-0.4, -0.2) is 67.6 Å². The molecule has 0 radical (unpaired) electrons. The maximum atomic E-state index is 12.1. The van der Waals surface area contributed by atoms with Gasteiger partial charge in [0.2, 0.25) is 5.88 Å². The highest BCUT2D eigenvalue weighted by atomic mass is 16.6. The number of pyridine rings is 1. The Morgan fingerprint density at radius 2 is 1.96 bits per heavy atom. The van der Waals surface area contributed by atoms with E-state index in [2.05, 4.69) is 9.88 Å². The summed E-state index contributed by atoms with van der Waals surface area (Å²) in [6.07, 6.45) is 1.59. The van der Waals surface area contributed by atoms with E-state index in [0.29, 0.717) is 31.5 Å². The maximum absolute atomic E-state index is 12.1. The summed E-state index contributed by atoms with van der Waals surface area (Å²) in [5, 5.41) is 0. The lowest BCUT2D eigenvalue weighted by atomic mass is 10.1. The molecule has 0 saturated carbocycles. The molecule has 3 heterocycles. The van der Waals surface area contributed by atoms with Crippen molar-refractivity contribution >= 4 is 11.8 Å². The average Bonchev–Trinajstić information content (AvgIpc) is 2.53. The zero-order valence-electron chi connectivity index (χ0n) is 15.2. The van der Waals surface area contributed by atoms with Gasteiger partial charge in [0, 0.05) is 38.2 Å². The van der Waals surface area contributed by atoms with Gasteiger partial charge in [-0.3, -0.25) is 0 Å². The summed E-state index contributed by atoms with van der Waals surface area (Å²) in [6, 6.07) is 3.91. The predicted octanol–water partition coefficient (Wildman–Crippen LogP) is 2.16. The third kappa shape index (κ3) is 4.98. The zero-order chi connectivity index (χ0) is 17.9. The number of rotatable bonds is 4. The highest BCUT2D eigenvalue weighted by molar-refractivity contribution is 5.68. The Bertz CT molecular complexity index is 573. The van der Waals surface area contributed by atoms with Crippen molar-refractivity contribution in [2.75, 3.05) is 50.9 Å². The molecule has 1 aromatic rings. The van der Waals surface area contributed by atoms with Crippen molar-refractivity contribution in [3.05, 3.63) is 18.3 Å². The van der Waals surface area contributed by atoms with Crippen LogP contribution in [0.25, 0.3) is 0 Å². The molecule has 0 atom stereocenters. The Balaban J connectivity index is 1.46. The smallest absolute Gasteiger partial charge is 0.410 e. The summed E-state index contributed by atoms with van der Waals surface area (Å²) in [6.45, 7) is 10.7. The first kappa shape index (κ1) is 17.8. The standard InChI is InChI=1S/C18H27N3O4/c1-18(2,3)25-17(22)21-8-6-20(7-9-21)15-4-5-16(19-10-15)24-13-14-11-23-12-14/h4-5,10,14H,6-9,11-13H2,1-3H3. The molecule has 0 aliphatic carbocycles. The molecule has 2 saturated heterocycles. The van der Waals surface area contributed by atoms with Gasteiger partial charge in [-0.1, -0.05) is 0 Å². The van der Waals surface area contributed by atoms with Crippen LogP contribution in [0.3, 0.4) is 0 Å². The number of ether oxygens (including phenoxy) is 3. The van der Waals surface area contributed by atoms with Crippen LogP contribution in [0.5, 0.6) is 5.88 Å². The number of nitrogens with zero attached hydrogens (tertiary/aromatic N) is 3. The maximum Gasteiger partial charge on any atom is 0.410 e. The molecule has 2 aliphatic heterocycles. The molecule has 2 aliphatic rings. The zero-order valence-corrected chi connectivity index (χ0v) is 15.2. The number of anilines is 1. The van der Waals surface area contributed by atoms with Crippen LogP contribution in [0.2, 0.25) is 0 Å². The van der Waals surface area contributed by atoms with Gasteiger partial charge < -0.3 is 24.0 Å². The summed E-state index contributed by atoms with van der Waals surface area (Å²) in [5.74, 6) is 1.13. The monoisotopic (exact) mass is 349 g/mol. The van der Waals surface area contributed by atoms with Gasteiger partial charge in [0.15, 0.2) is 0 Å². The first-order valence-corrected chi connectivity index (χ1v) is 8.80. The summed E-state index contributed by atoms with van der Waals surface area (Å²) in [4.78, 5) is 20.5. The van der Waals surface area contributed by atoms with Crippen molar-refractivity contribution in [3.63, 3.8) is 0 Å². The van der Waals surface area contributed by atoms with Gasteiger partial charge >= 0.3 is 6.09 Å². The quantitative estimate of drug-likeness (QED) is 0.830. The van der Waals surface area contributed by atoms with Gasteiger partial charge in [-0.15, -0.1) is 0 Å². The first-order valence-electron chi connectivity index (χ1n) is 8.80. The van der Waals surface area contributed by atoms with E-state index in [1.54, 1.807) is 4.90 Å². The van der Waals surface area contributed by atoms with Crippen LogP contribution < -0.4 is 9.64 Å². The van der Waals surface area contributed by atoms with Gasteiger partial charge in [0.05, 0.1) is 31.7 Å². The van der Waals surface area contributed by atoms with Crippen molar-refractivity contribution in [1.82, 2.24) is 9.88 Å². The molecule has 3 rings (SSSR count). The molecule has 0 N–H and O–H groups in total. The van der Waals surface area contributed by atoms with Crippen LogP contribution in [-0.2, 0) is 9.47 Å². The summed E-state index contributed by atoms with van der Waals surface area (Å²) in [7, 11) is 0. The fourth-order valence-electron chi connectivity index (χ4n) is 2.70. The molecule has 1 aromatic heterocycles. The number of piperazine rings is 1. The number of hydrogen-bond donors (Lipinski definition) is 0. The highest BCUT2D eigenvalue weighted by Crippen LogP contribution is 2.20. The van der Waals surface area contributed by atoms with E-state index < -0.39 is 5.60 Å². The lowest BCUT2D eigenvalue weighted by Gasteiger charge is -2.36. The minimum atomic E-state index is -0.459. The van der Waals surface area contributed by atoms with Crippen LogP contribution in [0, 0.1) is 5.92 Å². The van der Waals surface area contributed by atoms with Crippen molar-refractivity contribution in [1.29, 1.82) is 0 Å². The highest BCUT2D eigenvalue weighted by Gasteiger charge is 2.26. The van der Waals surface area contributed by atoms with Gasteiger partial charge in [-0.2, -0.15) is 0 Å². The Kier molecular flexibility index (Phi) is 5.32. The van der Waals surface area contributed by atoms with Crippen LogP contribution in [0.4, 0.5) is 10.5 Å². The van der Waals surface area contributed by atoms with Gasteiger partial charge in [-0.25, -0.2) is 9.78 Å². The Labute approximate surface area is 148 Å². The van der Waals surface area contributed by atoms with Gasteiger partial charge in [-0.05, 0) is 26.8 Å². The second-order valence-corrected chi connectivity index (χ2v) is 7.52. The minimum Gasteiger partial charge on any atom is -0.477 e. The van der Waals surface area contributed by atoms with E-state index >= 15 is 0 Å². The summed E-state index contributed by atoms with van der Waals surface area (Å²) in [5.41, 5.74) is 0.586.